The Bertz CT molecular complexity index is 834. The highest BCUT2D eigenvalue weighted by atomic mass is 16.1. The third-order valence-electron chi connectivity index (χ3n) is 4.54. The number of amides is 1. The van der Waals surface area contributed by atoms with Gasteiger partial charge in [0, 0.05) is 44.6 Å². The summed E-state index contributed by atoms with van der Waals surface area (Å²) in [5, 5.41) is 10.9. The zero-order valence-corrected chi connectivity index (χ0v) is 13.5. The molecule has 7 heteroatoms. The first-order valence-corrected chi connectivity index (χ1v) is 8.14. The Morgan fingerprint density at radius 2 is 2.29 bits per heavy atom. The van der Waals surface area contributed by atoms with Gasteiger partial charge in [-0.3, -0.25) is 9.48 Å². The maximum absolute atomic E-state index is 11.8. The lowest BCUT2D eigenvalue weighted by Crippen LogP contribution is -2.48. The first kappa shape index (κ1) is 14.9. The second-order valence-corrected chi connectivity index (χ2v) is 6.15. The highest BCUT2D eigenvalue weighted by molar-refractivity contribution is 5.77. The van der Waals surface area contributed by atoms with E-state index in [0.29, 0.717) is 13.0 Å². The van der Waals surface area contributed by atoms with E-state index in [2.05, 4.69) is 20.7 Å². The van der Waals surface area contributed by atoms with Crippen LogP contribution >= 0.6 is 0 Å². The SMILES string of the molecule is Cn1nccc1[C@@H]1NC(=O)CC[C@H]1NCc1cn2ccccc2n1. The molecular formula is C17H20N6O. The molecule has 0 bridgehead atoms. The molecule has 4 heterocycles. The van der Waals surface area contributed by atoms with Gasteiger partial charge in [-0.15, -0.1) is 0 Å². The molecule has 2 atom stereocenters. The molecule has 24 heavy (non-hydrogen) atoms. The number of carbonyl (C=O) groups is 1. The molecular weight excluding hydrogens is 304 g/mol. The summed E-state index contributed by atoms with van der Waals surface area (Å²) in [5.41, 5.74) is 2.94. The fraction of sp³-hybridized carbons (Fsp3) is 0.353. The van der Waals surface area contributed by atoms with E-state index in [0.717, 1.165) is 23.5 Å². The Kier molecular flexibility index (Phi) is 3.78. The second-order valence-electron chi connectivity index (χ2n) is 6.15. The van der Waals surface area contributed by atoms with E-state index in [1.807, 2.05) is 52.8 Å². The molecule has 1 fully saturated rings. The number of hydrogen-bond acceptors (Lipinski definition) is 4. The molecule has 0 radical (unpaired) electrons. The first-order chi connectivity index (χ1) is 11.7. The van der Waals surface area contributed by atoms with Gasteiger partial charge in [-0.25, -0.2) is 4.98 Å². The van der Waals surface area contributed by atoms with Crippen molar-refractivity contribution < 1.29 is 4.79 Å². The minimum atomic E-state index is -0.0734. The second kappa shape index (κ2) is 6.09. The summed E-state index contributed by atoms with van der Waals surface area (Å²) in [7, 11) is 1.90. The number of aryl methyl sites for hydroxylation is 1. The Labute approximate surface area is 139 Å². The van der Waals surface area contributed by atoms with Crippen LogP contribution in [0.5, 0.6) is 0 Å². The number of nitrogens with zero attached hydrogens (tertiary/aromatic N) is 4. The molecule has 2 N–H and O–H groups in total. The van der Waals surface area contributed by atoms with Crippen molar-refractivity contribution in [2.45, 2.75) is 31.5 Å². The van der Waals surface area contributed by atoms with Crippen LogP contribution in [0.4, 0.5) is 0 Å². The third-order valence-corrected chi connectivity index (χ3v) is 4.54. The van der Waals surface area contributed by atoms with Crippen molar-refractivity contribution in [2.24, 2.45) is 7.05 Å². The van der Waals surface area contributed by atoms with Gasteiger partial charge in [-0.05, 0) is 24.6 Å². The van der Waals surface area contributed by atoms with Crippen molar-refractivity contribution in [1.29, 1.82) is 0 Å². The molecule has 1 saturated heterocycles. The zero-order valence-electron chi connectivity index (χ0n) is 13.5. The molecule has 124 valence electrons. The van der Waals surface area contributed by atoms with Gasteiger partial charge in [-0.2, -0.15) is 5.10 Å². The van der Waals surface area contributed by atoms with E-state index >= 15 is 0 Å². The molecule has 3 aromatic heterocycles. The van der Waals surface area contributed by atoms with Gasteiger partial charge >= 0.3 is 0 Å². The number of piperidine rings is 1. The normalized spacial score (nSPS) is 21.1. The van der Waals surface area contributed by atoms with Crippen LogP contribution in [0, 0.1) is 0 Å². The molecule has 0 unspecified atom stereocenters. The zero-order chi connectivity index (χ0) is 16.5. The summed E-state index contributed by atoms with van der Waals surface area (Å²) in [4.78, 5) is 16.4. The molecule has 1 amide bonds. The Morgan fingerprint density at radius 1 is 1.38 bits per heavy atom. The summed E-state index contributed by atoms with van der Waals surface area (Å²) in [5.74, 6) is 0.0898. The van der Waals surface area contributed by atoms with Crippen LogP contribution in [0.25, 0.3) is 5.65 Å². The van der Waals surface area contributed by atoms with Crippen LogP contribution in [-0.4, -0.2) is 31.1 Å². The van der Waals surface area contributed by atoms with Crippen molar-refractivity contribution in [3.05, 3.63) is 54.2 Å². The number of nitrogens with one attached hydrogen (secondary N) is 2. The predicted molar refractivity (Wildman–Crippen MR) is 89.1 cm³/mol. The summed E-state index contributed by atoms with van der Waals surface area (Å²) in [6, 6.07) is 7.99. The minimum absolute atomic E-state index is 0.0734. The molecule has 0 aliphatic carbocycles. The van der Waals surface area contributed by atoms with Gasteiger partial charge in [0.05, 0.1) is 17.4 Å². The van der Waals surface area contributed by atoms with Crippen LogP contribution in [0.15, 0.2) is 42.9 Å². The van der Waals surface area contributed by atoms with Crippen LogP contribution in [-0.2, 0) is 18.4 Å². The predicted octanol–water partition coefficient (Wildman–Crippen LogP) is 1.18. The lowest BCUT2D eigenvalue weighted by molar-refractivity contribution is -0.124. The fourth-order valence-electron chi connectivity index (χ4n) is 3.30. The molecule has 1 aliphatic heterocycles. The van der Waals surface area contributed by atoms with Crippen molar-refractivity contribution in [3.63, 3.8) is 0 Å². The highest BCUT2D eigenvalue weighted by Crippen LogP contribution is 2.24. The van der Waals surface area contributed by atoms with Crippen LogP contribution < -0.4 is 10.6 Å². The summed E-state index contributed by atoms with van der Waals surface area (Å²) in [6.45, 7) is 0.663. The Morgan fingerprint density at radius 3 is 3.08 bits per heavy atom. The van der Waals surface area contributed by atoms with Crippen molar-refractivity contribution in [1.82, 2.24) is 29.8 Å². The summed E-state index contributed by atoms with van der Waals surface area (Å²) in [6.07, 6.45) is 7.12. The van der Waals surface area contributed by atoms with Gasteiger partial charge in [0.1, 0.15) is 5.65 Å². The van der Waals surface area contributed by atoms with Gasteiger partial charge < -0.3 is 15.0 Å². The molecule has 0 saturated carbocycles. The van der Waals surface area contributed by atoms with Gasteiger partial charge in [0.25, 0.3) is 0 Å². The van der Waals surface area contributed by atoms with Crippen molar-refractivity contribution >= 4 is 11.6 Å². The summed E-state index contributed by atoms with van der Waals surface area (Å²) < 4.78 is 3.83. The van der Waals surface area contributed by atoms with E-state index in [1.165, 1.54) is 0 Å². The van der Waals surface area contributed by atoms with E-state index in [9.17, 15) is 4.79 Å². The molecule has 7 nitrogen and oxygen atoms in total. The van der Waals surface area contributed by atoms with Crippen LogP contribution in [0.1, 0.15) is 30.3 Å². The topological polar surface area (TPSA) is 76.2 Å². The average Bonchev–Trinajstić information content (AvgIpc) is 3.19. The lowest BCUT2D eigenvalue weighted by Gasteiger charge is -2.32. The molecule has 1 aliphatic rings. The number of imidazole rings is 1. The fourth-order valence-corrected chi connectivity index (χ4v) is 3.30. The average molecular weight is 324 g/mol. The molecule has 0 aromatic carbocycles. The number of rotatable bonds is 4. The monoisotopic (exact) mass is 324 g/mol. The Balaban J connectivity index is 1.51. The first-order valence-electron chi connectivity index (χ1n) is 8.14. The van der Waals surface area contributed by atoms with Gasteiger partial charge in [0.2, 0.25) is 5.91 Å². The largest absolute Gasteiger partial charge is 0.346 e. The van der Waals surface area contributed by atoms with E-state index in [-0.39, 0.29) is 18.0 Å². The number of carbonyl (C=O) groups excluding carboxylic acids is 1. The van der Waals surface area contributed by atoms with Crippen LogP contribution in [0.3, 0.4) is 0 Å². The number of aromatic nitrogens is 4. The van der Waals surface area contributed by atoms with E-state index < -0.39 is 0 Å². The standard InChI is InChI=1S/C17H20N6O/c1-22-14(7-8-19-22)17-13(5-6-16(24)21-17)18-10-12-11-23-9-3-2-4-15(23)20-12/h2-4,7-9,11,13,17-18H,5-6,10H2,1H3,(H,21,24)/t13-,17-/m1/s1. The number of fused-ring (bicyclic) bond motifs is 1. The van der Waals surface area contributed by atoms with Crippen molar-refractivity contribution in [3.8, 4) is 0 Å². The van der Waals surface area contributed by atoms with E-state index in [4.69, 9.17) is 0 Å². The van der Waals surface area contributed by atoms with E-state index in [1.54, 1.807) is 6.20 Å². The smallest absolute Gasteiger partial charge is 0.220 e. The molecule has 4 rings (SSSR count). The van der Waals surface area contributed by atoms with Crippen LogP contribution in [0.2, 0.25) is 0 Å². The maximum Gasteiger partial charge on any atom is 0.220 e. The summed E-state index contributed by atoms with van der Waals surface area (Å²) >= 11 is 0. The van der Waals surface area contributed by atoms with Gasteiger partial charge in [-0.1, -0.05) is 6.07 Å². The Hall–Kier alpha value is -2.67. The molecule has 0 spiro atoms. The minimum Gasteiger partial charge on any atom is -0.346 e. The third kappa shape index (κ3) is 2.78. The maximum atomic E-state index is 11.8. The quantitative estimate of drug-likeness (QED) is 0.755. The van der Waals surface area contributed by atoms with Crippen molar-refractivity contribution in [2.75, 3.05) is 0 Å². The number of hydrogen-bond donors (Lipinski definition) is 2. The number of pyridine rings is 1. The van der Waals surface area contributed by atoms with Gasteiger partial charge in [0.15, 0.2) is 0 Å². The highest BCUT2D eigenvalue weighted by Gasteiger charge is 2.31. The lowest BCUT2D eigenvalue weighted by atomic mass is 9.95. The molecule has 3 aromatic rings.